The molecule has 3 aromatic rings. The smallest absolute Gasteiger partial charge is 0.295 e. The van der Waals surface area contributed by atoms with Gasteiger partial charge < -0.3 is 14.7 Å². The summed E-state index contributed by atoms with van der Waals surface area (Å²) in [6.45, 7) is 2.00. The Balaban J connectivity index is 1.86. The van der Waals surface area contributed by atoms with Gasteiger partial charge in [0, 0.05) is 12.1 Å². The predicted octanol–water partition coefficient (Wildman–Crippen LogP) is 5.53. The minimum atomic E-state index is -0.796. The van der Waals surface area contributed by atoms with E-state index in [9.17, 15) is 19.1 Å². The molecule has 0 aliphatic carbocycles. The van der Waals surface area contributed by atoms with Gasteiger partial charge in [-0.25, -0.2) is 4.39 Å². The number of likely N-dealkylation sites (tertiary alicyclic amines) is 1. The van der Waals surface area contributed by atoms with Crippen LogP contribution >= 0.6 is 15.9 Å². The number of halogens is 2. The summed E-state index contributed by atoms with van der Waals surface area (Å²) in [6, 6.07) is 17.3. The van der Waals surface area contributed by atoms with Gasteiger partial charge in [-0.15, -0.1) is 0 Å². The molecule has 1 aliphatic rings. The minimum Gasteiger partial charge on any atom is -0.507 e. The summed E-state index contributed by atoms with van der Waals surface area (Å²) in [7, 11) is 1.53. The van der Waals surface area contributed by atoms with Crippen LogP contribution in [-0.2, 0) is 16.1 Å². The van der Waals surface area contributed by atoms with Crippen LogP contribution in [0.15, 0.2) is 76.8 Å². The fraction of sp³-hybridized carbons (Fsp3) is 0.154. The molecule has 1 atom stereocenters. The normalized spacial score (nSPS) is 17.5. The molecule has 7 heteroatoms. The standard InChI is InChI=1S/C26H21BrFNO4/c1-15-4-3-5-17(12-15)23-22(24(30)18-8-11-21(33-2)20(27)13-18)25(31)26(32)29(23)14-16-6-9-19(28)10-7-16/h3-13,23,30H,14H2,1-2H3/b24-22-. The van der Waals surface area contributed by atoms with Gasteiger partial charge in [0.15, 0.2) is 0 Å². The number of benzene rings is 3. The lowest BCUT2D eigenvalue weighted by atomic mass is 9.94. The lowest BCUT2D eigenvalue weighted by molar-refractivity contribution is -0.140. The lowest BCUT2D eigenvalue weighted by Gasteiger charge is -2.25. The van der Waals surface area contributed by atoms with Gasteiger partial charge in [0.1, 0.15) is 17.3 Å². The number of nitrogens with zero attached hydrogens (tertiary/aromatic N) is 1. The van der Waals surface area contributed by atoms with Crippen LogP contribution in [-0.4, -0.2) is 28.8 Å². The third kappa shape index (κ3) is 4.41. The van der Waals surface area contributed by atoms with Crippen LogP contribution in [0.3, 0.4) is 0 Å². The molecule has 1 unspecified atom stereocenters. The van der Waals surface area contributed by atoms with Crippen LogP contribution in [0.4, 0.5) is 4.39 Å². The van der Waals surface area contributed by atoms with Crippen molar-refractivity contribution in [2.24, 2.45) is 0 Å². The molecule has 1 amide bonds. The molecule has 1 heterocycles. The topological polar surface area (TPSA) is 66.8 Å². The fourth-order valence-electron chi connectivity index (χ4n) is 3.99. The largest absolute Gasteiger partial charge is 0.507 e. The van der Waals surface area contributed by atoms with Crippen molar-refractivity contribution in [2.75, 3.05) is 7.11 Å². The van der Waals surface area contributed by atoms with Crippen molar-refractivity contribution in [3.63, 3.8) is 0 Å². The molecule has 5 nitrogen and oxygen atoms in total. The monoisotopic (exact) mass is 509 g/mol. The van der Waals surface area contributed by atoms with Gasteiger partial charge in [-0.3, -0.25) is 9.59 Å². The third-order valence-corrected chi connectivity index (χ3v) is 6.21. The highest BCUT2D eigenvalue weighted by Gasteiger charge is 2.46. The number of hydrogen-bond donors (Lipinski definition) is 1. The second kappa shape index (κ2) is 9.19. The SMILES string of the molecule is COc1ccc(/C(O)=C2/C(=O)C(=O)N(Cc3ccc(F)cc3)C2c2cccc(C)c2)cc1Br. The van der Waals surface area contributed by atoms with Crippen molar-refractivity contribution < 1.29 is 23.8 Å². The summed E-state index contributed by atoms with van der Waals surface area (Å²) in [4.78, 5) is 27.6. The summed E-state index contributed by atoms with van der Waals surface area (Å²) in [6.07, 6.45) is 0. The second-order valence-electron chi connectivity index (χ2n) is 7.82. The van der Waals surface area contributed by atoms with Gasteiger partial charge in [-0.2, -0.15) is 0 Å². The first-order valence-electron chi connectivity index (χ1n) is 10.2. The summed E-state index contributed by atoms with van der Waals surface area (Å²) >= 11 is 3.39. The van der Waals surface area contributed by atoms with Crippen molar-refractivity contribution in [1.29, 1.82) is 0 Å². The highest BCUT2D eigenvalue weighted by Crippen LogP contribution is 2.41. The average molecular weight is 510 g/mol. The average Bonchev–Trinajstić information content (AvgIpc) is 3.05. The summed E-state index contributed by atoms with van der Waals surface area (Å²) in [5, 5.41) is 11.2. The second-order valence-corrected chi connectivity index (χ2v) is 8.67. The first kappa shape index (κ1) is 22.7. The quantitative estimate of drug-likeness (QED) is 0.279. The zero-order valence-corrected chi connectivity index (χ0v) is 19.6. The number of aliphatic hydroxyl groups is 1. The number of amides is 1. The maximum Gasteiger partial charge on any atom is 0.295 e. The molecule has 3 aromatic carbocycles. The molecular formula is C26H21BrFNO4. The third-order valence-electron chi connectivity index (χ3n) is 5.59. The first-order valence-corrected chi connectivity index (χ1v) is 11.0. The maximum atomic E-state index is 13.4. The van der Waals surface area contributed by atoms with E-state index >= 15 is 0 Å². The Morgan fingerprint density at radius 3 is 2.45 bits per heavy atom. The van der Waals surface area contributed by atoms with Crippen molar-refractivity contribution >= 4 is 33.4 Å². The molecule has 33 heavy (non-hydrogen) atoms. The summed E-state index contributed by atoms with van der Waals surface area (Å²) in [5.41, 5.74) is 2.70. The molecule has 1 saturated heterocycles. The predicted molar refractivity (Wildman–Crippen MR) is 126 cm³/mol. The van der Waals surface area contributed by atoms with Crippen LogP contribution in [0, 0.1) is 12.7 Å². The number of ether oxygens (including phenoxy) is 1. The Bertz CT molecular complexity index is 1270. The molecule has 1 aliphatic heterocycles. The van der Waals surface area contributed by atoms with Gasteiger partial charge in [0.2, 0.25) is 0 Å². The van der Waals surface area contributed by atoms with Crippen molar-refractivity contribution in [2.45, 2.75) is 19.5 Å². The van der Waals surface area contributed by atoms with Gasteiger partial charge in [-0.05, 0) is 64.3 Å². The Morgan fingerprint density at radius 1 is 1.09 bits per heavy atom. The van der Waals surface area contributed by atoms with E-state index in [0.717, 1.165) is 5.56 Å². The molecule has 4 rings (SSSR count). The fourth-order valence-corrected chi connectivity index (χ4v) is 4.53. The van der Waals surface area contributed by atoms with E-state index in [4.69, 9.17) is 4.74 Å². The molecule has 0 spiro atoms. The number of carbonyl (C=O) groups is 2. The van der Waals surface area contributed by atoms with E-state index in [1.165, 1.54) is 24.1 Å². The van der Waals surface area contributed by atoms with Crippen molar-refractivity contribution in [3.05, 3.63) is 105 Å². The highest BCUT2D eigenvalue weighted by molar-refractivity contribution is 9.10. The van der Waals surface area contributed by atoms with Crippen molar-refractivity contribution in [1.82, 2.24) is 4.90 Å². The molecule has 1 N–H and O–H groups in total. The van der Waals surface area contributed by atoms with Gasteiger partial charge >= 0.3 is 0 Å². The Labute approximate surface area is 199 Å². The van der Waals surface area contributed by atoms with Crippen LogP contribution in [0.5, 0.6) is 5.75 Å². The summed E-state index contributed by atoms with van der Waals surface area (Å²) in [5.74, 6) is -1.59. The number of aryl methyl sites for hydroxylation is 1. The number of hydrogen-bond acceptors (Lipinski definition) is 4. The first-order chi connectivity index (χ1) is 15.8. The number of aliphatic hydroxyl groups excluding tert-OH is 1. The number of ketones is 1. The van der Waals surface area contributed by atoms with Crippen LogP contribution < -0.4 is 4.74 Å². The van der Waals surface area contributed by atoms with E-state index in [0.29, 0.717) is 26.9 Å². The molecule has 0 saturated carbocycles. The Hall–Kier alpha value is -3.45. The summed E-state index contributed by atoms with van der Waals surface area (Å²) < 4.78 is 19.2. The zero-order valence-electron chi connectivity index (χ0n) is 18.0. The molecule has 0 bridgehead atoms. The number of methoxy groups -OCH3 is 1. The van der Waals surface area contributed by atoms with E-state index < -0.39 is 17.7 Å². The van der Waals surface area contributed by atoms with E-state index in [1.54, 1.807) is 30.3 Å². The number of Topliss-reactive ketones (excluding diaryl/α,β-unsaturated/α-hetero) is 1. The Morgan fingerprint density at radius 2 is 1.82 bits per heavy atom. The molecule has 0 radical (unpaired) electrons. The molecule has 1 fully saturated rings. The minimum absolute atomic E-state index is 0.00442. The number of carbonyl (C=O) groups excluding carboxylic acids is 2. The van der Waals surface area contributed by atoms with E-state index in [-0.39, 0.29) is 23.7 Å². The van der Waals surface area contributed by atoms with Crippen LogP contribution in [0.25, 0.3) is 5.76 Å². The Kier molecular flexibility index (Phi) is 6.33. The van der Waals surface area contributed by atoms with Crippen LogP contribution in [0.1, 0.15) is 28.3 Å². The van der Waals surface area contributed by atoms with Gasteiger partial charge in [0.05, 0.1) is 23.2 Å². The van der Waals surface area contributed by atoms with Gasteiger partial charge in [0.25, 0.3) is 11.7 Å². The zero-order chi connectivity index (χ0) is 23.7. The molecular weight excluding hydrogens is 489 g/mol. The van der Waals surface area contributed by atoms with E-state index in [1.807, 2.05) is 31.2 Å². The number of rotatable bonds is 5. The lowest BCUT2D eigenvalue weighted by Crippen LogP contribution is -2.29. The molecule has 168 valence electrons. The van der Waals surface area contributed by atoms with Gasteiger partial charge in [-0.1, -0.05) is 42.0 Å². The highest BCUT2D eigenvalue weighted by atomic mass is 79.9. The molecule has 0 aromatic heterocycles. The maximum absolute atomic E-state index is 13.4. The van der Waals surface area contributed by atoms with Crippen LogP contribution in [0.2, 0.25) is 0 Å². The van der Waals surface area contributed by atoms with E-state index in [2.05, 4.69) is 15.9 Å². The van der Waals surface area contributed by atoms with Crippen molar-refractivity contribution in [3.8, 4) is 5.75 Å².